The van der Waals surface area contributed by atoms with Crippen molar-refractivity contribution in [2.75, 3.05) is 0 Å². The maximum Gasteiger partial charge on any atom is 0.200 e. The molecule has 0 aliphatic heterocycles. The summed E-state index contributed by atoms with van der Waals surface area (Å²) in [6, 6.07) is -0.310. The van der Waals surface area contributed by atoms with Crippen LogP contribution in [0.2, 0.25) is 0 Å². The number of aromatic nitrogens is 3. The summed E-state index contributed by atoms with van der Waals surface area (Å²) in [7, 11) is 0. The van der Waals surface area contributed by atoms with Crippen molar-refractivity contribution >= 4 is 0 Å². The molecule has 5 rings (SSSR count). The molecule has 0 spiro atoms. The van der Waals surface area contributed by atoms with Gasteiger partial charge in [0.15, 0.2) is 111 Å². The normalized spacial score (nSPS) is 11.5. The van der Waals surface area contributed by atoms with Gasteiger partial charge in [0.05, 0.1) is 27.8 Å². The van der Waals surface area contributed by atoms with Crippen molar-refractivity contribution in [1.82, 2.24) is 15.0 Å². The summed E-state index contributed by atoms with van der Waals surface area (Å²) in [6.45, 7) is 0. The highest BCUT2D eigenvalue weighted by atomic mass is 19.2. The zero-order chi connectivity index (χ0) is 35.8. The molecule has 0 fully saturated rings. The summed E-state index contributed by atoms with van der Waals surface area (Å²) < 4.78 is 257. The third kappa shape index (κ3) is 4.86. The standard InChI is InChI=1S/C27HF18N3/c28-3-1-2(8(29)18(39)9(3)30)25-46-26(48-27(47-25)7-16(37)21(42)24(45)22(43)17(7)38)6-14(35)10(31)4(11(32)15(6)36)5-12(33)19(40)23(44)20(41)13(5)34/h1H. The van der Waals surface area contributed by atoms with Crippen molar-refractivity contribution in [2.45, 2.75) is 0 Å². The molecule has 0 bridgehead atoms. The Balaban J connectivity index is 1.92. The van der Waals surface area contributed by atoms with Crippen molar-refractivity contribution < 1.29 is 79.0 Å². The minimum Gasteiger partial charge on any atom is -0.208 e. The maximum atomic E-state index is 15.3. The Labute approximate surface area is 250 Å². The van der Waals surface area contributed by atoms with Crippen LogP contribution in [0.3, 0.4) is 0 Å². The number of halogens is 18. The first-order valence-electron chi connectivity index (χ1n) is 11.8. The average molecular weight is 709 g/mol. The smallest absolute Gasteiger partial charge is 0.200 e. The summed E-state index contributed by atoms with van der Waals surface area (Å²) in [5, 5.41) is 0. The zero-order valence-electron chi connectivity index (χ0n) is 21.7. The molecule has 0 aliphatic carbocycles. The van der Waals surface area contributed by atoms with Gasteiger partial charge in [-0.3, -0.25) is 0 Å². The fraction of sp³-hybridized carbons (Fsp3) is 0. The van der Waals surface area contributed by atoms with Crippen LogP contribution in [0.1, 0.15) is 0 Å². The largest absolute Gasteiger partial charge is 0.208 e. The Morgan fingerprint density at radius 3 is 0.875 bits per heavy atom. The molecule has 1 aromatic heterocycles. The molecule has 0 saturated carbocycles. The van der Waals surface area contributed by atoms with Crippen molar-refractivity contribution in [3.8, 4) is 45.3 Å². The maximum absolute atomic E-state index is 15.3. The molecular weight excluding hydrogens is 708 g/mol. The highest BCUT2D eigenvalue weighted by Gasteiger charge is 2.37. The Morgan fingerprint density at radius 2 is 0.500 bits per heavy atom. The number of benzene rings is 4. The van der Waals surface area contributed by atoms with Gasteiger partial charge in [-0.15, -0.1) is 0 Å². The summed E-state index contributed by atoms with van der Waals surface area (Å²) in [4.78, 5) is 8.97. The highest BCUT2D eigenvalue weighted by molar-refractivity contribution is 5.74. The van der Waals surface area contributed by atoms with Gasteiger partial charge in [0.1, 0.15) is 0 Å². The lowest BCUT2D eigenvalue weighted by Crippen LogP contribution is -2.12. The minimum atomic E-state index is -2.99. The highest BCUT2D eigenvalue weighted by Crippen LogP contribution is 2.41. The van der Waals surface area contributed by atoms with E-state index in [0.29, 0.717) is 0 Å². The Kier molecular flexibility index (Phi) is 8.28. The molecule has 0 amide bonds. The number of nitrogens with zero attached hydrogens (tertiary/aromatic N) is 3. The molecule has 0 saturated heterocycles. The molecule has 0 aliphatic rings. The molecule has 0 radical (unpaired) electrons. The van der Waals surface area contributed by atoms with Gasteiger partial charge >= 0.3 is 0 Å². The third-order valence-corrected chi connectivity index (χ3v) is 6.36. The molecule has 0 N–H and O–H groups in total. The number of hydrogen-bond acceptors (Lipinski definition) is 3. The van der Waals surface area contributed by atoms with Crippen molar-refractivity contribution in [3.63, 3.8) is 0 Å². The lowest BCUT2D eigenvalue weighted by Gasteiger charge is -2.15. The molecule has 250 valence electrons. The van der Waals surface area contributed by atoms with E-state index in [1.54, 1.807) is 0 Å². The lowest BCUT2D eigenvalue weighted by atomic mass is 9.98. The van der Waals surface area contributed by atoms with E-state index in [0.717, 1.165) is 0 Å². The molecule has 5 aromatic rings. The minimum absolute atomic E-state index is 0.310. The van der Waals surface area contributed by atoms with Gasteiger partial charge in [-0.2, -0.15) is 0 Å². The van der Waals surface area contributed by atoms with E-state index in [1.807, 2.05) is 0 Å². The quantitative estimate of drug-likeness (QED) is 0.106. The fourth-order valence-corrected chi connectivity index (χ4v) is 4.13. The van der Waals surface area contributed by atoms with Gasteiger partial charge in [-0.25, -0.2) is 94.0 Å². The molecule has 0 unspecified atom stereocenters. The monoisotopic (exact) mass is 709 g/mol. The first kappa shape index (κ1) is 34.0. The van der Waals surface area contributed by atoms with E-state index in [4.69, 9.17) is 0 Å². The van der Waals surface area contributed by atoms with Gasteiger partial charge in [-0.05, 0) is 6.07 Å². The molecule has 4 aromatic carbocycles. The topological polar surface area (TPSA) is 38.7 Å². The van der Waals surface area contributed by atoms with E-state index >= 15 is 17.6 Å². The molecule has 0 atom stereocenters. The first-order valence-corrected chi connectivity index (χ1v) is 11.8. The third-order valence-electron chi connectivity index (χ3n) is 6.36. The number of rotatable bonds is 4. The van der Waals surface area contributed by atoms with Crippen LogP contribution in [-0.4, -0.2) is 15.0 Å². The summed E-state index contributed by atoms with van der Waals surface area (Å²) >= 11 is 0. The van der Waals surface area contributed by atoms with E-state index in [-0.39, 0.29) is 6.07 Å². The predicted octanol–water partition coefficient (Wildman–Crippen LogP) is 9.04. The van der Waals surface area contributed by atoms with Crippen LogP contribution in [0.15, 0.2) is 6.07 Å². The van der Waals surface area contributed by atoms with Crippen LogP contribution < -0.4 is 0 Å². The van der Waals surface area contributed by atoms with Crippen LogP contribution >= 0.6 is 0 Å². The van der Waals surface area contributed by atoms with Crippen LogP contribution in [0.4, 0.5) is 79.0 Å². The average Bonchev–Trinajstić information content (AvgIpc) is 3.06. The van der Waals surface area contributed by atoms with E-state index in [2.05, 4.69) is 15.0 Å². The van der Waals surface area contributed by atoms with E-state index in [9.17, 15) is 61.5 Å². The second kappa shape index (κ2) is 11.7. The summed E-state index contributed by atoms with van der Waals surface area (Å²) in [6.07, 6.45) is 0. The van der Waals surface area contributed by atoms with Crippen molar-refractivity contribution in [2.24, 2.45) is 0 Å². The van der Waals surface area contributed by atoms with E-state index < -0.39 is 150 Å². The van der Waals surface area contributed by atoms with Crippen LogP contribution in [0.5, 0.6) is 0 Å². The zero-order valence-corrected chi connectivity index (χ0v) is 21.7. The van der Waals surface area contributed by atoms with E-state index in [1.165, 1.54) is 0 Å². The molecule has 1 heterocycles. The van der Waals surface area contributed by atoms with Crippen molar-refractivity contribution in [1.29, 1.82) is 0 Å². The SMILES string of the molecule is Fc1cc(-c2nc(-c3c(F)c(F)c(F)c(F)c3F)nc(-c3c(F)c(F)c(-c4c(F)c(F)c(F)c(F)c4F)c(F)c3F)n2)c(F)c(F)c1F. The fourth-order valence-electron chi connectivity index (χ4n) is 4.13. The van der Waals surface area contributed by atoms with Gasteiger partial charge in [0.2, 0.25) is 11.6 Å². The molecule has 3 nitrogen and oxygen atoms in total. The lowest BCUT2D eigenvalue weighted by molar-refractivity contribution is 0.379. The Hall–Kier alpha value is -5.37. The molecule has 21 heteroatoms. The van der Waals surface area contributed by atoms with Crippen LogP contribution in [0, 0.1) is 105 Å². The van der Waals surface area contributed by atoms with Crippen LogP contribution in [-0.2, 0) is 0 Å². The van der Waals surface area contributed by atoms with Gasteiger partial charge in [-0.1, -0.05) is 0 Å². The van der Waals surface area contributed by atoms with Gasteiger partial charge in [0.25, 0.3) is 0 Å². The Bertz CT molecular complexity index is 2150. The van der Waals surface area contributed by atoms with Gasteiger partial charge < -0.3 is 0 Å². The predicted molar refractivity (Wildman–Crippen MR) is 121 cm³/mol. The number of hydrogen-bond donors (Lipinski definition) is 0. The summed E-state index contributed by atoms with van der Waals surface area (Å²) in [5.74, 6) is -56.1. The van der Waals surface area contributed by atoms with Crippen molar-refractivity contribution in [3.05, 3.63) is 111 Å². The summed E-state index contributed by atoms with van der Waals surface area (Å²) in [5.41, 5.74) is -11.5. The van der Waals surface area contributed by atoms with Gasteiger partial charge in [0, 0.05) is 0 Å². The molecular formula is C27HF18N3. The first-order chi connectivity index (χ1) is 22.3. The molecule has 48 heavy (non-hydrogen) atoms. The second-order valence-electron chi connectivity index (χ2n) is 9.05. The second-order valence-corrected chi connectivity index (χ2v) is 9.05. The van der Waals surface area contributed by atoms with Crippen LogP contribution in [0.25, 0.3) is 45.3 Å². The Morgan fingerprint density at radius 1 is 0.250 bits per heavy atom.